The van der Waals surface area contributed by atoms with E-state index in [4.69, 9.17) is 0 Å². The van der Waals surface area contributed by atoms with Gasteiger partial charge in [0, 0.05) is 11.8 Å². The molecule has 1 heterocycles. The van der Waals surface area contributed by atoms with Gasteiger partial charge in [-0.1, -0.05) is 11.6 Å². The van der Waals surface area contributed by atoms with Gasteiger partial charge >= 0.3 is 0 Å². The SMILES string of the molecule is Cc1ccc(F)c(-c2nn(C(C)(C)C)cc2C=O)c1. The first-order chi connectivity index (χ1) is 8.82. The maximum absolute atomic E-state index is 13.9. The van der Waals surface area contributed by atoms with Gasteiger partial charge in [0.25, 0.3) is 0 Å². The Morgan fingerprint density at radius 1 is 1.32 bits per heavy atom. The summed E-state index contributed by atoms with van der Waals surface area (Å²) in [4.78, 5) is 11.2. The summed E-state index contributed by atoms with van der Waals surface area (Å²) in [5.41, 5.74) is 1.84. The summed E-state index contributed by atoms with van der Waals surface area (Å²) in [5, 5.41) is 4.37. The number of hydrogen-bond donors (Lipinski definition) is 0. The highest BCUT2D eigenvalue weighted by Crippen LogP contribution is 2.27. The fourth-order valence-corrected chi connectivity index (χ4v) is 1.85. The molecule has 0 amide bonds. The second-order valence-electron chi connectivity index (χ2n) is 5.65. The molecule has 0 radical (unpaired) electrons. The van der Waals surface area contributed by atoms with E-state index in [0.717, 1.165) is 5.56 Å². The lowest BCUT2D eigenvalue weighted by molar-refractivity contribution is 0.112. The topological polar surface area (TPSA) is 34.9 Å². The molecule has 2 rings (SSSR count). The van der Waals surface area contributed by atoms with Gasteiger partial charge in [0.2, 0.25) is 0 Å². The first-order valence-corrected chi connectivity index (χ1v) is 6.15. The van der Waals surface area contributed by atoms with Gasteiger partial charge in [-0.25, -0.2) is 4.39 Å². The number of rotatable bonds is 2. The van der Waals surface area contributed by atoms with Gasteiger partial charge in [0.1, 0.15) is 11.5 Å². The van der Waals surface area contributed by atoms with Crippen molar-refractivity contribution in [3.8, 4) is 11.3 Å². The summed E-state index contributed by atoms with van der Waals surface area (Å²) in [7, 11) is 0. The summed E-state index contributed by atoms with van der Waals surface area (Å²) >= 11 is 0. The van der Waals surface area contributed by atoms with Crippen LogP contribution in [0.5, 0.6) is 0 Å². The third-order valence-electron chi connectivity index (χ3n) is 2.93. The average Bonchev–Trinajstić information content (AvgIpc) is 2.76. The van der Waals surface area contributed by atoms with Crippen LogP contribution in [0.25, 0.3) is 11.3 Å². The maximum Gasteiger partial charge on any atom is 0.153 e. The molecule has 0 aliphatic rings. The number of aromatic nitrogens is 2. The molecule has 0 saturated carbocycles. The monoisotopic (exact) mass is 260 g/mol. The van der Waals surface area contributed by atoms with Crippen molar-refractivity contribution >= 4 is 6.29 Å². The van der Waals surface area contributed by atoms with E-state index in [0.29, 0.717) is 23.1 Å². The highest BCUT2D eigenvalue weighted by Gasteiger charge is 2.20. The largest absolute Gasteiger partial charge is 0.298 e. The molecule has 0 spiro atoms. The van der Waals surface area contributed by atoms with Crippen molar-refractivity contribution in [2.45, 2.75) is 33.2 Å². The van der Waals surface area contributed by atoms with Crippen LogP contribution in [0.15, 0.2) is 24.4 Å². The minimum Gasteiger partial charge on any atom is -0.298 e. The second-order valence-corrected chi connectivity index (χ2v) is 5.65. The predicted octanol–water partition coefficient (Wildman–Crippen LogP) is 3.57. The average molecular weight is 260 g/mol. The molecule has 100 valence electrons. The summed E-state index contributed by atoms with van der Waals surface area (Å²) in [5.74, 6) is -0.368. The van der Waals surface area contributed by atoms with Crippen LogP contribution in [-0.4, -0.2) is 16.1 Å². The molecular formula is C15H17FN2O. The number of halogens is 1. The number of nitrogens with zero attached hydrogens (tertiary/aromatic N) is 2. The summed E-state index contributed by atoms with van der Waals surface area (Å²) < 4.78 is 15.6. The minimum absolute atomic E-state index is 0.254. The summed E-state index contributed by atoms with van der Waals surface area (Å²) in [6.07, 6.45) is 2.37. The van der Waals surface area contributed by atoms with Crippen LogP contribution in [0, 0.1) is 12.7 Å². The van der Waals surface area contributed by atoms with Crippen LogP contribution < -0.4 is 0 Å². The molecular weight excluding hydrogens is 243 g/mol. The number of aryl methyl sites for hydroxylation is 1. The molecule has 0 fully saturated rings. The van der Waals surface area contributed by atoms with Gasteiger partial charge in [0.05, 0.1) is 11.1 Å². The molecule has 0 aliphatic heterocycles. The quantitative estimate of drug-likeness (QED) is 0.774. The van der Waals surface area contributed by atoms with Crippen LogP contribution >= 0.6 is 0 Å². The van der Waals surface area contributed by atoms with Gasteiger partial charge in [0.15, 0.2) is 6.29 Å². The molecule has 2 aromatic rings. The number of carbonyl (C=O) groups excluding carboxylic acids is 1. The van der Waals surface area contributed by atoms with E-state index in [1.54, 1.807) is 23.0 Å². The molecule has 0 saturated heterocycles. The van der Waals surface area contributed by atoms with Gasteiger partial charge in [-0.15, -0.1) is 0 Å². The van der Waals surface area contributed by atoms with E-state index in [2.05, 4.69) is 5.10 Å². The number of carbonyl (C=O) groups is 1. The van der Waals surface area contributed by atoms with E-state index < -0.39 is 0 Å². The summed E-state index contributed by atoms with van der Waals surface area (Å²) in [6.45, 7) is 7.81. The van der Waals surface area contributed by atoms with Gasteiger partial charge in [-0.2, -0.15) is 5.10 Å². The molecule has 0 aliphatic carbocycles. The van der Waals surface area contributed by atoms with Crippen molar-refractivity contribution < 1.29 is 9.18 Å². The van der Waals surface area contributed by atoms with Gasteiger partial charge < -0.3 is 0 Å². The van der Waals surface area contributed by atoms with Crippen LogP contribution in [0.1, 0.15) is 36.7 Å². The second kappa shape index (κ2) is 4.61. The maximum atomic E-state index is 13.9. The normalized spacial score (nSPS) is 11.6. The molecule has 0 atom stereocenters. The van der Waals surface area contributed by atoms with E-state index in [1.165, 1.54) is 6.07 Å². The zero-order chi connectivity index (χ0) is 14.2. The highest BCUT2D eigenvalue weighted by atomic mass is 19.1. The molecule has 1 aromatic carbocycles. The third kappa shape index (κ3) is 2.57. The van der Waals surface area contributed by atoms with Crippen molar-refractivity contribution in [3.63, 3.8) is 0 Å². The van der Waals surface area contributed by atoms with Crippen LogP contribution in [0.2, 0.25) is 0 Å². The zero-order valence-electron chi connectivity index (χ0n) is 11.6. The Kier molecular flexibility index (Phi) is 3.27. The van der Waals surface area contributed by atoms with Crippen LogP contribution in [-0.2, 0) is 5.54 Å². The van der Waals surface area contributed by atoms with Crippen molar-refractivity contribution in [2.75, 3.05) is 0 Å². The molecule has 19 heavy (non-hydrogen) atoms. The van der Waals surface area contributed by atoms with E-state index in [-0.39, 0.29) is 11.4 Å². The molecule has 0 unspecified atom stereocenters. The van der Waals surface area contributed by atoms with Crippen molar-refractivity contribution in [3.05, 3.63) is 41.3 Å². The molecule has 0 bridgehead atoms. The summed E-state index contributed by atoms with van der Waals surface area (Å²) in [6, 6.07) is 4.80. The van der Waals surface area contributed by atoms with Gasteiger partial charge in [-0.3, -0.25) is 9.48 Å². The Balaban J connectivity index is 2.64. The highest BCUT2D eigenvalue weighted by molar-refractivity contribution is 5.85. The first-order valence-electron chi connectivity index (χ1n) is 6.15. The lowest BCUT2D eigenvalue weighted by atomic mass is 10.1. The lowest BCUT2D eigenvalue weighted by Gasteiger charge is -2.18. The fourth-order valence-electron chi connectivity index (χ4n) is 1.85. The molecule has 4 heteroatoms. The zero-order valence-corrected chi connectivity index (χ0v) is 11.6. The number of hydrogen-bond acceptors (Lipinski definition) is 2. The van der Waals surface area contributed by atoms with Crippen molar-refractivity contribution in [2.24, 2.45) is 0 Å². The third-order valence-corrected chi connectivity index (χ3v) is 2.93. The number of aldehydes is 1. The van der Waals surface area contributed by atoms with Crippen LogP contribution in [0.4, 0.5) is 4.39 Å². The van der Waals surface area contributed by atoms with E-state index in [1.807, 2.05) is 27.7 Å². The minimum atomic E-state index is -0.368. The number of benzene rings is 1. The van der Waals surface area contributed by atoms with Crippen LogP contribution in [0.3, 0.4) is 0 Å². The standard InChI is InChI=1S/C15H17FN2O/c1-10-5-6-13(16)12(7-10)14-11(9-19)8-18(17-14)15(2,3)4/h5-9H,1-4H3. The Labute approximate surface area is 112 Å². The van der Waals surface area contributed by atoms with Crippen molar-refractivity contribution in [1.29, 1.82) is 0 Å². The smallest absolute Gasteiger partial charge is 0.153 e. The Morgan fingerprint density at radius 2 is 2.00 bits per heavy atom. The molecule has 0 N–H and O–H groups in total. The van der Waals surface area contributed by atoms with E-state index in [9.17, 15) is 9.18 Å². The van der Waals surface area contributed by atoms with Gasteiger partial charge in [-0.05, 0) is 39.8 Å². The Hall–Kier alpha value is -1.97. The Morgan fingerprint density at radius 3 is 2.58 bits per heavy atom. The molecule has 3 nitrogen and oxygen atoms in total. The van der Waals surface area contributed by atoms with E-state index >= 15 is 0 Å². The fraction of sp³-hybridized carbons (Fsp3) is 0.333. The van der Waals surface area contributed by atoms with Crippen molar-refractivity contribution in [1.82, 2.24) is 9.78 Å². The lowest BCUT2D eigenvalue weighted by Crippen LogP contribution is -2.22. The first kappa shape index (κ1) is 13.5. The molecule has 1 aromatic heterocycles. The Bertz CT molecular complexity index is 624. The predicted molar refractivity (Wildman–Crippen MR) is 72.7 cm³/mol.